The molecule has 3 rings (SSSR count). The van der Waals surface area contributed by atoms with Crippen molar-refractivity contribution in [2.45, 2.75) is 24.7 Å². The predicted octanol–water partition coefficient (Wildman–Crippen LogP) is 3.49. The van der Waals surface area contributed by atoms with Crippen molar-refractivity contribution < 1.29 is 14.6 Å². The zero-order valence-corrected chi connectivity index (χ0v) is 11.9. The maximum absolute atomic E-state index is 11.9. The monoisotopic (exact) mass is 288 g/mol. The molecule has 0 saturated carbocycles. The van der Waals surface area contributed by atoms with Gasteiger partial charge in [0.25, 0.3) is 0 Å². The van der Waals surface area contributed by atoms with E-state index in [1.165, 1.54) is 5.56 Å². The van der Waals surface area contributed by atoms with Crippen LogP contribution in [0.15, 0.2) is 41.1 Å². The molecule has 1 aliphatic heterocycles. The van der Waals surface area contributed by atoms with Crippen molar-refractivity contribution in [3.63, 3.8) is 0 Å². The number of fused-ring (bicyclic) bond motifs is 1. The molecule has 1 aromatic heterocycles. The molecule has 1 unspecified atom stereocenters. The summed E-state index contributed by atoms with van der Waals surface area (Å²) in [5.74, 6) is -0.0325. The summed E-state index contributed by atoms with van der Waals surface area (Å²) in [7, 11) is 0. The number of thiophene rings is 1. The molecular formula is C16H16O3S. The van der Waals surface area contributed by atoms with Crippen LogP contribution >= 0.6 is 11.3 Å². The van der Waals surface area contributed by atoms with E-state index < -0.39 is 11.4 Å². The molecule has 4 heteroatoms. The number of carboxylic acids is 1. The van der Waals surface area contributed by atoms with Crippen LogP contribution < -0.4 is 4.74 Å². The molecule has 3 nitrogen and oxygen atoms in total. The van der Waals surface area contributed by atoms with Gasteiger partial charge < -0.3 is 9.84 Å². The van der Waals surface area contributed by atoms with Gasteiger partial charge in [-0.3, -0.25) is 4.79 Å². The summed E-state index contributed by atoms with van der Waals surface area (Å²) in [6.07, 6.45) is 1.92. The standard InChI is InChI=1S/C16H16O3S/c17-15(18)16(7-5-12-6-10-20-11-12)8-9-19-14-4-2-1-3-13(14)16/h1-4,6,10-11H,5,7-9H2,(H,17,18). The van der Waals surface area contributed by atoms with Crippen LogP contribution in [0.1, 0.15) is 24.0 Å². The molecule has 104 valence electrons. The molecule has 2 heterocycles. The number of ether oxygens (including phenoxy) is 1. The fraction of sp³-hybridized carbons (Fsp3) is 0.312. The predicted molar refractivity (Wildman–Crippen MR) is 78.5 cm³/mol. The molecule has 2 aromatic rings. The second-order valence-corrected chi connectivity index (χ2v) is 5.89. The van der Waals surface area contributed by atoms with Crippen molar-refractivity contribution in [1.29, 1.82) is 0 Å². The van der Waals surface area contributed by atoms with Crippen LogP contribution in [-0.2, 0) is 16.6 Å². The van der Waals surface area contributed by atoms with Crippen molar-refractivity contribution in [3.05, 3.63) is 52.2 Å². The highest BCUT2D eigenvalue weighted by molar-refractivity contribution is 7.07. The molecule has 0 aliphatic carbocycles. The number of rotatable bonds is 4. The van der Waals surface area contributed by atoms with E-state index in [0.29, 0.717) is 25.2 Å². The van der Waals surface area contributed by atoms with Gasteiger partial charge >= 0.3 is 5.97 Å². The van der Waals surface area contributed by atoms with Gasteiger partial charge in [0, 0.05) is 12.0 Å². The average Bonchev–Trinajstić information content (AvgIpc) is 2.98. The number of hydrogen-bond acceptors (Lipinski definition) is 3. The molecule has 1 aromatic carbocycles. The molecule has 20 heavy (non-hydrogen) atoms. The molecular weight excluding hydrogens is 272 g/mol. The molecule has 0 bridgehead atoms. The topological polar surface area (TPSA) is 46.5 Å². The molecule has 1 aliphatic rings. The highest BCUT2D eigenvalue weighted by atomic mass is 32.1. The van der Waals surface area contributed by atoms with Crippen LogP contribution in [0.2, 0.25) is 0 Å². The van der Waals surface area contributed by atoms with E-state index >= 15 is 0 Å². The highest BCUT2D eigenvalue weighted by Gasteiger charge is 2.44. The Morgan fingerprint density at radius 3 is 2.95 bits per heavy atom. The molecule has 1 atom stereocenters. The van der Waals surface area contributed by atoms with Crippen LogP contribution in [0.25, 0.3) is 0 Å². The van der Waals surface area contributed by atoms with Crippen LogP contribution in [0.4, 0.5) is 0 Å². The Kier molecular flexibility index (Phi) is 3.49. The van der Waals surface area contributed by atoms with Crippen LogP contribution in [0.5, 0.6) is 5.75 Å². The number of aryl methyl sites for hydroxylation is 1. The Balaban J connectivity index is 1.95. The second kappa shape index (κ2) is 5.29. The Morgan fingerprint density at radius 2 is 2.20 bits per heavy atom. The number of carboxylic acid groups (broad SMARTS) is 1. The Labute approximate surface area is 121 Å². The SMILES string of the molecule is O=C(O)C1(CCc2ccsc2)CCOc2ccccc21. The average molecular weight is 288 g/mol. The summed E-state index contributed by atoms with van der Waals surface area (Å²) in [4.78, 5) is 11.9. The van der Waals surface area contributed by atoms with E-state index in [0.717, 1.165) is 12.0 Å². The van der Waals surface area contributed by atoms with Crippen molar-refractivity contribution in [2.75, 3.05) is 6.61 Å². The minimum atomic E-state index is -0.823. The largest absolute Gasteiger partial charge is 0.493 e. The van der Waals surface area contributed by atoms with E-state index in [1.807, 2.05) is 29.6 Å². The maximum Gasteiger partial charge on any atom is 0.314 e. The molecule has 0 saturated heterocycles. The van der Waals surface area contributed by atoms with Gasteiger partial charge in [-0.1, -0.05) is 18.2 Å². The number of carbonyl (C=O) groups is 1. The van der Waals surface area contributed by atoms with Crippen molar-refractivity contribution in [2.24, 2.45) is 0 Å². The molecule has 0 fully saturated rings. The minimum Gasteiger partial charge on any atom is -0.493 e. The summed E-state index contributed by atoms with van der Waals surface area (Å²) in [6.45, 7) is 0.465. The van der Waals surface area contributed by atoms with Gasteiger partial charge in [-0.05, 0) is 41.3 Å². The third-order valence-electron chi connectivity index (χ3n) is 4.02. The van der Waals surface area contributed by atoms with E-state index in [2.05, 4.69) is 11.4 Å². The van der Waals surface area contributed by atoms with E-state index in [-0.39, 0.29) is 0 Å². The molecule has 0 spiro atoms. The summed E-state index contributed by atoms with van der Waals surface area (Å²) in [6, 6.07) is 9.57. The summed E-state index contributed by atoms with van der Waals surface area (Å²) in [5.41, 5.74) is 1.20. The fourth-order valence-electron chi connectivity index (χ4n) is 2.84. The maximum atomic E-state index is 11.9. The van der Waals surface area contributed by atoms with E-state index in [4.69, 9.17) is 4.74 Å². The van der Waals surface area contributed by atoms with Gasteiger partial charge in [0.15, 0.2) is 0 Å². The Bertz CT molecular complexity index is 606. The van der Waals surface area contributed by atoms with Gasteiger partial charge in [0.1, 0.15) is 5.75 Å². The quantitative estimate of drug-likeness (QED) is 0.936. The number of aliphatic carboxylic acids is 1. The molecule has 1 N–H and O–H groups in total. The lowest BCUT2D eigenvalue weighted by atomic mass is 9.72. The molecule has 0 radical (unpaired) electrons. The number of para-hydroxylation sites is 1. The summed E-state index contributed by atoms with van der Waals surface area (Å²) < 4.78 is 5.60. The highest BCUT2D eigenvalue weighted by Crippen LogP contribution is 2.42. The van der Waals surface area contributed by atoms with Gasteiger partial charge in [0.2, 0.25) is 0 Å². The lowest BCUT2D eigenvalue weighted by Gasteiger charge is -2.35. The smallest absolute Gasteiger partial charge is 0.314 e. The van der Waals surface area contributed by atoms with Crippen LogP contribution in [-0.4, -0.2) is 17.7 Å². The van der Waals surface area contributed by atoms with E-state index in [9.17, 15) is 9.90 Å². The van der Waals surface area contributed by atoms with Gasteiger partial charge in [-0.25, -0.2) is 0 Å². The molecule has 0 amide bonds. The normalized spacial score (nSPS) is 21.0. The first-order chi connectivity index (χ1) is 9.72. The third-order valence-corrected chi connectivity index (χ3v) is 4.75. The van der Waals surface area contributed by atoms with Crippen molar-refractivity contribution in [1.82, 2.24) is 0 Å². The summed E-state index contributed by atoms with van der Waals surface area (Å²) >= 11 is 1.65. The fourth-order valence-corrected chi connectivity index (χ4v) is 3.54. The number of benzene rings is 1. The van der Waals surface area contributed by atoms with Crippen LogP contribution in [0, 0.1) is 0 Å². The lowest BCUT2D eigenvalue weighted by molar-refractivity contribution is -0.145. The Morgan fingerprint density at radius 1 is 1.35 bits per heavy atom. The zero-order chi connectivity index (χ0) is 14.0. The first-order valence-electron chi connectivity index (χ1n) is 6.69. The first kappa shape index (κ1) is 13.2. The summed E-state index contributed by atoms with van der Waals surface area (Å²) in [5, 5.41) is 13.9. The second-order valence-electron chi connectivity index (χ2n) is 5.11. The number of hydrogen-bond donors (Lipinski definition) is 1. The van der Waals surface area contributed by atoms with Crippen molar-refractivity contribution in [3.8, 4) is 5.75 Å². The van der Waals surface area contributed by atoms with E-state index in [1.54, 1.807) is 11.3 Å². The zero-order valence-electron chi connectivity index (χ0n) is 11.0. The van der Waals surface area contributed by atoms with Crippen LogP contribution in [0.3, 0.4) is 0 Å². The first-order valence-corrected chi connectivity index (χ1v) is 7.63. The third kappa shape index (κ3) is 2.20. The Hall–Kier alpha value is -1.81. The van der Waals surface area contributed by atoms with Crippen molar-refractivity contribution >= 4 is 17.3 Å². The van der Waals surface area contributed by atoms with Gasteiger partial charge in [-0.15, -0.1) is 0 Å². The lowest BCUT2D eigenvalue weighted by Crippen LogP contribution is -2.41. The van der Waals surface area contributed by atoms with Gasteiger partial charge in [0.05, 0.1) is 12.0 Å². The minimum absolute atomic E-state index is 0.465. The van der Waals surface area contributed by atoms with Gasteiger partial charge in [-0.2, -0.15) is 11.3 Å².